The zero-order chi connectivity index (χ0) is 13.0. The lowest BCUT2D eigenvalue weighted by atomic mass is 10.1. The molecule has 0 saturated heterocycles. The Balaban J connectivity index is 2.02. The molecule has 0 fully saturated rings. The van der Waals surface area contributed by atoms with Crippen molar-refractivity contribution in [1.82, 2.24) is 10.3 Å². The molecular formula is C13H16N2O3. The number of methoxy groups -OCH3 is 1. The van der Waals surface area contributed by atoms with Gasteiger partial charge in [-0.1, -0.05) is 12.2 Å². The second-order valence-corrected chi connectivity index (χ2v) is 4.20. The zero-order valence-electron chi connectivity index (χ0n) is 10.2. The van der Waals surface area contributed by atoms with E-state index in [-0.39, 0.29) is 24.5 Å². The number of aromatic nitrogens is 1. The number of pyridine rings is 1. The van der Waals surface area contributed by atoms with Crippen molar-refractivity contribution in [1.29, 1.82) is 0 Å². The third kappa shape index (κ3) is 2.68. The van der Waals surface area contributed by atoms with Crippen LogP contribution in [0.15, 0.2) is 30.5 Å². The first kappa shape index (κ1) is 12.6. The van der Waals surface area contributed by atoms with E-state index in [1.807, 2.05) is 12.2 Å². The van der Waals surface area contributed by atoms with Gasteiger partial charge < -0.3 is 15.2 Å². The Labute approximate surface area is 105 Å². The second-order valence-electron chi connectivity index (χ2n) is 4.20. The Hall–Kier alpha value is -1.88. The first-order chi connectivity index (χ1) is 8.74. The average Bonchev–Trinajstić information content (AvgIpc) is 2.86. The highest BCUT2D eigenvalue weighted by Crippen LogP contribution is 2.19. The van der Waals surface area contributed by atoms with Crippen molar-refractivity contribution in [3.05, 3.63) is 36.0 Å². The number of aliphatic hydroxyl groups is 1. The second kappa shape index (κ2) is 5.64. The van der Waals surface area contributed by atoms with E-state index in [2.05, 4.69) is 10.3 Å². The van der Waals surface area contributed by atoms with Gasteiger partial charge in [-0.2, -0.15) is 0 Å². The molecule has 2 N–H and O–H groups in total. The van der Waals surface area contributed by atoms with Crippen molar-refractivity contribution >= 4 is 5.91 Å². The number of aliphatic hydroxyl groups excluding tert-OH is 1. The van der Waals surface area contributed by atoms with Crippen molar-refractivity contribution in [3.8, 4) is 5.88 Å². The predicted octanol–water partition coefficient (Wildman–Crippen LogP) is 0.757. The molecule has 1 aromatic rings. The van der Waals surface area contributed by atoms with Crippen LogP contribution < -0.4 is 10.1 Å². The normalized spacial score (nSPS) is 21.9. The molecule has 1 amide bonds. The van der Waals surface area contributed by atoms with Gasteiger partial charge in [-0.25, -0.2) is 4.98 Å². The molecule has 2 atom stereocenters. The molecule has 0 spiro atoms. The topological polar surface area (TPSA) is 71.5 Å². The summed E-state index contributed by atoms with van der Waals surface area (Å²) in [6.07, 6.45) is 6.13. The molecular weight excluding hydrogens is 232 g/mol. The summed E-state index contributed by atoms with van der Waals surface area (Å²) < 4.78 is 5.04. The van der Waals surface area contributed by atoms with Gasteiger partial charge in [0.15, 0.2) is 0 Å². The third-order valence-electron chi connectivity index (χ3n) is 2.93. The summed E-state index contributed by atoms with van der Waals surface area (Å²) in [6, 6.07) is 3.32. The van der Waals surface area contributed by atoms with Gasteiger partial charge in [0.05, 0.1) is 7.11 Å². The standard InChI is InChI=1S/C13H16N2O3/c1-18-13-11(3-2-6-14-13)12(17)15-10-5-4-9(7-10)8-16/h2-6,9-10,16H,7-8H2,1H3,(H,15,17)/t9-,10+/m0/s1. The molecule has 1 aliphatic rings. The minimum absolute atomic E-state index is 0.0421. The number of carbonyl (C=O) groups is 1. The number of carbonyl (C=O) groups excluding carboxylic acids is 1. The SMILES string of the molecule is COc1ncccc1C(=O)N[C@@H]1C=C[C@H](CO)C1. The van der Waals surface area contributed by atoms with Gasteiger partial charge in [0.25, 0.3) is 5.91 Å². The van der Waals surface area contributed by atoms with E-state index < -0.39 is 0 Å². The lowest BCUT2D eigenvalue weighted by Gasteiger charge is -2.13. The molecule has 1 aromatic heterocycles. The first-order valence-corrected chi connectivity index (χ1v) is 5.83. The third-order valence-corrected chi connectivity index (χ3v) is 2.93. The highest BCUT2D eigenvalue weighted by molar-refractivity contribution is 5.96. The van der Waals surface area contributed by atoms with Gasteiger partial charge in [-0.3, -0.25) is 4.79 Å². The van der Waals surface area contributed by atoms with Crippen molar-refractivity contribution in [2.45, 2.75) is 12.5 Å². The maximum atomic E-state index is 12.0. The van der Waals surface area contributed by atoms with Gasteiger partial charge in [0, 0.05) is 24.8 Å². The first-order valence-electron chi connectivity index (χ1n) is 5.83. The molecule has 5 nitrogen and oxygen atoms in total. The summed E-state index contributed by atoms with van der Waals surface area (Å²) in [5, 5.41) is 11.9. The zero-order valence-corrected chi connectivity index (χ0v) is 10.2. The molecule has 0 unspecified atom stereocenters. The lowest BCUT2D eigenvalue weighted by Crippen LogP contribution is -2.33. The quantitative estimate of drug-likeness (QED) is 0.772. The Kier molecular flexibility index (Phi) is 3.94. The molecule has 0 saturated carbocycles. The Bertz CT molecular complexity index is 459. The molecule has 0 bridgehead atoms. The summed E-state index contributed by atoms with van der Waals surface area (Å²) >= 11 is 0. The van der Waals surface area contributed by atoms with Crippen LogP contribution in [-0.4, -0.2) is 35.8 Å². The molecule has 0 aliphatic heterocycles. The highest BCUT2D eigenvalue weighted by atomic mass is 16.5. The van der Waals surface area contributed by atoms with Gasteiger partial charge in [-0.05, 0) is 18.6 Å². The van der Waals surface area contributed by atoms with Gasteiger partial charge in [-0.15, -0.1) is 0 Å². The number of ether oxygens (including phenoxy) is 1. The monoisotopic (exact) mass is 248 g/mol. The summed E-state index contributed by atoms with van der Waals surface area (Å²) in [5.74, 6) is 0.231. The summed E-state index contributed by atoms with van der Waals surface area (Å²) in [4.78, 5) is 16.0. The number of nitrogens with one attached hydrogen (secondary N) is 1. The van der Waals surface area contributed by atoms with E-state index in [0.29, 0.717) is 11.4 Å². The van der Waals surface area contributed by atoms with Gasteiger partial charge in [0.2, 0.25) is 5.88 Å². The van der Waals surface area contributed by atoms with Gasteiger partial charge >= 0.3 is 0 Å². The van der Waals surface area contributed by atoms with Gasteiger partial charge in [0.1, 0.15) is 5.56 Å². The molecule has 1 aliphatic carbocycles. The predicted molar refractivity (Wildman–Crippen MR) is 66.4 cm³/mol. The van der Waals surface area contributed by atoms with E-state index >= 15 is 0 Å². The average molecular weight is 248 g/mol. The highest BCUT2D eigenvalue weighted by Gasteiger charge is 2.21. The van der Waals surface area contributed by atoms with Crippen molar-refractivity contribution in [3.63, 3.8) is 0 Å². The fourth-order valence-electron chi connectivity index (χ4n) is 1.99. The lowest BCUT2D eigenvalue weighted by molar-refractivity contribution is 0.0937. The van der Waals surface area contributed by atoms with Crippen LogP contribution in [0.5, 0.6) is 5.88 Å². The molecule has 18 heavy (non-hydrogen) atoms. The Morgan fingerprint density at radius 1 is 1.61 bits per heavy atom. The van der Waals surface area contributed by atoms with Crippen LogP contribution >= 0.6 is 0 Å². The Morgan fingerprint density at radius 3 is 3.11 bits per heavy atom. The molecule has 96 valence electrons. The number of rotatable bonds is 4. The van der Waals surface area contributed by atoms with Crippen LogP contribution in [-0.2, 0) is 0 Å². The van der Waals surface area contributed by atoms with E-state index in [4.69, 9.17) is 9.84 Å². The number of hydrogen-bond donors (Lipinski definition) is 2. The van der Waals surface area contributed by atoms with Crippen LogP contribution in [0.4, 0.5) is 0 Å². The van der Waals surface area contributed by atoms with Crippen LogP contribution in [0, 0.1) is 5.92 Å². The molecule has 2 rings (SSSR count). The molecule has 1 heterocycles. The minimum Gasteiger partial charge on any atom is -0.480 e. The summed E-state index contributed by atoms with van der Waals surface area (Å²) in [5.41, 5.74) is 0.417. The van der Waals surface area contributed by atoms with Crippen LogP contribution in [0.2, 0.25) is 0 Å². The number of hydrogen-bond acceptors (Lipinski definition) is 4. The van der Waals surface area contributed by atoms with Crippen LogP contribution in [0.1, 0.15) is 16.8 Å². The molecule has 0 aromatic carbocycles. The maximum absolute atomic E-state index is 12.0. The number of amides is 1. The summed E-state index contributed by atoms with van der Waals surface area (Å²) in [6.45, 7) is 0.110. The van der Waals surface area contributed by atoms with Crippen LogP contribution in [0.3, 0.4) is 0 Å². The van der Waals surface area contributed by atoms with Crippen LogP contribution in [0.25, 0.3) is 0 Å². The van der Waals surface area contributed by atoms with E-state index in [9.17, 15) is 4.79 Å². The van der Waals surface area contributed by atoms with Crippen molar-refractivity contribution < 1.29 is 14.6 Å². The van der Waals surface area contributed by atoms with Crippen molar-refractivity contribution in [2.24, 2.45) is 5.92 Å². The molecule has 5 heteroatoms. The maximum Gasteiger partial charge on any atom is 0.257 e. The van der Waals surface area contributed by atoms with E-state index in [0.717, 1.165) is 6.42 Å². The fraction of sp³-hybridized carbons (Fsp3) is 0.385. The summed E-state index contributed by atoms with van der Waals surface area (Å²) in [7, 11) is 1.48. The fourth-order valence-corrected chi connectivity index (χ4v) is 1.99. The van der Waals surface area contributed by atoms with E-state index in [1.54, 1.807) is 18.3 Å². The smallest absolute Gasteiger partial charge is 0.257 e. The minimum atomic E-state index is -0.215. The largest absolute Gasteiger partial charge is 0.480 e. The Morgan fingerprint density at radius 2 is 2.44 bits per heavy atom. The van der Waals surface area contributed by atoms with Crippen molar-refractivity contribution in [2.75, 3.05) is 13.7 Å². The molecule has 0 radical (unpaired) electrons. The number of nitrogens with zero attached hydrogens (tertiary/aromatic N) is 1. The van der Waals surface area contributed by atoms with E-state index in [1.165, 1.54) is 7.11 Å².